The van der Waals surface area contributed by atoms with E-state index in [0.29, 0.717) is 10.6 Å². The molecule has 0 fully saturated rings. The normalized spacial score (nSPS) is 25.1. The SMILES string of the molecule is O[C@@H]1C=CC=C(c2ccc(Cl)cc2)[C@@H]1O. The molecule has 78 valence electrons. The predicted molar refractivity (Wildman–Crippen MR) is 60.6 cm³/mol. The van der Waals surface area contributed by atoms with Gasteiger partial charge in [0.1, 0.15) is 12.2 Å². The lowest BCUT2D eigenvalue weighted by atomic mass is 9.93. The van der Waals surface area contributed by atoms with E-state index in [-0.39, 0.29) is 0 Å². The molecule has 0 radical (unpaired) electrons. The van der Waals surface area contributed by atoms with E-state index in [1.54, 1.807) is 30.4 Å². The van der Waals surface area contributed by atoms with Crippen molar-refractivity contribution in [3.8, 4) is 0 Å². The van der Waals surface area contributed by atoms with E-state index in [0.717, 1.165) is 5.56 Å². The molecule has 0 spiro atoms. The summed E-state index contributed by atoms with van der Waals surface area (Å²) in [5.74, 6) is 0. The fourth-order valence-electron chi connectivity index (χ4n) is 1.57. The van der Waals surface area contributed by atoms with Crippen LogP contribution >= 0.6 is 11.6 Å². The van der Waals surface area contributed by atoms with E-state index in [9.17, 15) is 10.2 Å². The van der Waals surface area contributed by atoms with E-state index in [1.165, 1.54) is 0 Å². The van der Waals surface area contributed by atoms with Crippen molar-refractivity contribution in [1.82, 2.24) is 0 Å². The zero-order valence-electron chi connectivity index (χ0n) is 7.97. The number of allylic oxidation sites excluding steroid dienone is 2. The maximum Gasteiger partial charge on any atom is 0.109 e. The first kappa shape index (κ1) is 10.4. The lowest BCUT2D eigenvalue weighted by Crippen LogP contribution is -2.26. The summed E-state index contributed by atoms with van der Waals surface area (Å²) in [6, 6.07) is 7.16. The molecular formula is C12H11ClO2. The van der Waals surface area contributed by atoms with E-state index < -0.39 is 12.2 Å². The largest absolute Gasteiger partial charge is 0.386 e. The minimum absolute atomic E-state index is 0.653. The quantitative estimate of drug-likeness (QED) is 0.763. The topological polar surface area (TPSA) is 40.5 Å². The Kier molecular flexibility index (Phi) is 2.91. The van der Waals surface area contributed by atoms with Crippen LogP contribution in [0.25, 0.3) is 5.57 Å². The lowest BCUT2D eigenvalue weighted by Gasteiger charge is -2.21. The number of hydrogen-bond acceptors (Lipinski definition) is 2. The van der Waals surface area contributed by atoms with Gasteiger partial charge in [-0.1, -0.05) is 42.0 Å². The molecule has 1 aliphatic rings. The molecule has 0 saturated heterocycles. The highest BCUT2D eigenvalue weighted by Crippen LogP contribution is 2.25. The molecule has 0 amide bonds. The highest BCUT2D eigenvalue weighted by Gasteiger charge is 2.21. The van der Waals surface area contributed by atoms with Crippen LogP contribution in [0.1, 0.15) is 5.56 Å². The van der Waals surface area contributed by atoms with Crippen molar-refractivity contribution in [2.45, 2.75) is 12.2 Å². The molecule has 2 nitrogen and oxygen atoms in total. The summed E-state index contributed by atoms with van der Waals surface area (Å²) in [6.45, 7) is 0. The molecule has 2 N–H and O–H groups in total. The predicted octanol–water partition coefficient (Wildman–Crippen LogP) is 2.02. The summed E-state index contributed by atoms with van der Waals surface area (Å²) in [4.78, 5) is 0. The molecule has 3 heteroatoms. The maximum absolute atomic E-state index is 9.76. The molecule has 0 aromatic heterocycles. The zero-order valence-corrected chi connectivity index (χ0v) is 8.72. The van der Waals surface area contributed by atoms with Crippen LogP contribution in [0.4, 0.5) is 0 Å². The minimum atomic E-state index is -0.865. The summed E-state index contributed by atoms with van der Waals surface area (Å²) in [5, 5.41) is 19.9. The molecule has 1 aromatic carbocycles. The average Bonchev–Trinajstić information content (AvgIpc) is 2.24. The highest BCUT2D eigenvalue weighted by molar-refractivity contribution is 6.30. The fraction of sp³-hybridized carbons (Fsp3) is 0.167. The van der Waals surface area contributed by atoms with Crippen molar-refractivity contribution in [1.29, 1.82) is 0 Å². The van der Waals surface area contributed by atoms with Crippen molar-refractivity contribution in [2.75, 3.05) is 0 Å². The Balaban J connectivity index is 2.34. The summed E-state index contributed by atoms with van der Waals surface area (Å²) in [7, 11) is 0. The highest BCUT2D eigenvalue weighted by atomic mass is 35.5. The molecular weight excluding hydrogens is 212 g/mol. The lowest BCUT2D eigenvalue weighted by molar-refractivity contribution is 0.0859. The smallest absolute Gasteiger partial charge is 0.109 e. The number of halogens is 1. The summed E-state index contributed by atoms with van der Waals surface area (Å²) in [6.07, 6.45) is 3.39. The van der Waals surface area contributed by atoms with Crippen molar-refractivity contribution in [2.24, 2.45) is 0 Å². The van der Waals surface area contributed by atoms with Crippen LogP contribution in [-0.2, 0) is 0 Å². The van der Waals surface area contributed by atoms with Gasteiger partial charge in [0, 0.05) is 5.02 Å². The Morgan fingerprint density at radius 1 is 1.07 bits per heavy atom. The first-order valence-electron chi connectivity index (χ1n) is 4.69. The van der Waals surface area contributed by atoms with Crippen molar-refractivity contribution < 1.29 is 10.2 Å². The van der Waals surface area contributed by atoms with Gasteiger partial charge in [0.15, 0.2) is 0 Å². The Hall–Kier alpha value is -1.09. The van der Waals surface area contributed by atoms with Gasteiger partial charge in [0.2, 0.25) is 0 Å². The van der Waals surface area contributed by atoms with Gasteiger partial charge in [0.25, 0.3) is 0 Å². The van der Waals surface area contributed by atoms with Gasteiger partial charge in [-0.3, -0.25) is 0 Å². The molecule has 1 aromatic rings. The van der Waals surface area contributed by atoms with Crippen LogP contribution in [0.3, 0.4) is 0 Å². The summed E-state index contributed by atoms with van der Waals surface area (Å²) < 4.78 is 0. The number of hydrogen-bond donors (Lipinski definition) is 2. The Bertz CT molecular complexity index is 406. The van der Waals surface area contributed by atoms with Crippen molar-refractivity contribution >= 4 is 17.2 Å². The van der Waals surface area contributed by atoms with Crippen LogP contribution in [0.2, 0.25) is 5.02 Å². The molecule has 0 heterocycles. The Morgan fingerprint density at radius 2 is 1.73 bits per heavy atom. The molecule has 0 bridgehead atoms. The van der Waals surface area contributed by atoms with Gasteiger partial charge in [-0.15, -0.1) is 0 Å². The van der Waals surface area contributed by atoms with Gasteiger partial charge in [0.05, 0.1) is 0 Å². The van der Waals surface area contributed by atoms with Gasteiger partial charge in [-0.25, -0.2) is 0 Å². The summed E-state index contributed by atoms with van der Waals surface area (Å²) >= 11 is 5.77. The van der Waals surface area contributed by atoms with Crippen LogP contribution in [0, 0.1) is 0 Å². The number of rotatable bonds is 1. The second kappa shape index (κ2) is 4.19. The third-order valence-electron chi connectivity index (χ3n) is 2.40. The van der Waals surface area contributed by atoms with Crippen LogP contribution in [0.15, 0.2) is 42.5 Å². The van der Waals surface area contributed by atoms with E-state index in [1.807, 2.05) is 12.1 Å². The summed E-state index contributed by atoms with van der Waals surface area (Å²) in [5.41, 5.74) is 1.58. The monoisotopic (exact) mass is 222 g/mol. The van der Waals surface area contributed by atoms with E-state index in [2.05, 4.69) is 0 Å². The van der Waals surface area contributed by atoms with Crippen LogP contribution < -0.4 is 0 Å². The second-order valence-corrected chi connectivity index (χ2v) is 3.89. The van der Waals surface area contributed by atoms with Gasteiger partial charge >= 0.3 is 0 Å². The minimum Gasteiger partial charge on any atom is -0.386 e. The molecule has 2 atom stereocenters. The fourth-order valence-corrected chi connectivity index (χ4v) is 1.70. The first-order chi connectivity index (χ1) is 7.18. The van der Waals surface area contributed by atoms with Crippen molar-refractivity contribution in [3.05, 3.63) is 53.1 Å². The van der Waals surface area contributed by atoms with Gasteiger partial charge in [-0.2, -0.15) is 0 Å². The van der Waals surface area contributed by atoms with Crippen LogP contribution in [0.5, 0.6) is 0 Å². The van der Waals surface area contributed by atoms with Gasteiger partial charge in [-0.05, 0) is 23.3 Å². The number of aliphatic hydroxyl groups is 2. The second-order valence-electron chi connectivity index (χ2n) is 3.45. The Labute approximate surface area is 93.1 Å². The van der Waals surface area contributed by atoms with Crippen molar-refractivity contribution in [3.63, 3.8) is 0 Å². The van der Waals surface area contributed by atoms with Crippen LogP contribution in [-0.4, -0.2) is 22.4 Å². The number of aliphatic hydroxyl groups excluding tert-OH is 2. The third kappa shape index (κ3) is 2.12. The molecule has 2 rings (SSSR count). The molecule has 1 aliphatic carbocycles. The third-order valence-corrected chi connectivity index (χ3v) is 2.66. The molecule has 15 heavy (non-hydrogen) atoms. The average molecular weight is 223 g/mol. The molecule has 0 saturated carbocycles. The molecule has 0 aliphatic heterocycles. The van der Waals surface area contributed by atoms with Gasteiger partial charge < -0.3 is 10.2 Å². The van der Waals surface area contributed by atoms with E-state index in [4.69, 9.17) is 11.6 Å². The van der Waals surface area contributed by atoms with E-state index >= 15 is 0 Å². The maximum atomic E-state index is 9.76. The Morgan fingerprint density at radius 3 is 2.40 bits per heavy atom. The molecule has 0 unspecified atom stereocenters. The standard InChI is InChI=1S/C12H11ClO2/c13-9-6-4-8(5-7-9)10-2-1-3-11(14)12(10)15/h1-7,11-12,14-15H/t11-,12+/m1/s1. The zero-order chi connectivity index (χ0) is 10.8. The first-order valence-corrected chi connectivity index (χ1v) is 5.07. The number of benzene rings is 1.